The second-order valence-corrected chi connectivity index (χ2v) is 4.92. The van der Waals surface area contributed by atoms with Gasteiger partial charge in [0.05, 0.1) is 13.7 Å². The van der Waals surface area contributed by atoms with Gasteiger partial charge in [-0.1, -0.05) is 17.7 Å². The van der Waals surface area contributed by atoms with Crippen LogP contribution in [0.25, 0.3) is 0 Å². The van der Waals surface area contributed by atoms with Crippen molar-refractivity contribution in [1.82, 2.24) is 5.32 Å². The molecule has 3 nitrogen and oxygen atoms in total. The summed E-state index contributed by atoms with van der Waals surface area (Å²) in [5.74, 6) is 1.66. The van der Waals surface area contributed by atoms with Gasteiger partial charge in [0.2, 0.25) is 0 Å². The van der Waals surface area contributed by atoms with Crippen molar-refractivity contribution >= 4 is 27.5 Å². The first kappa shape index (κ1) is 13.5. The van der Waals surface area contributed by atoms with Crippen molar-refractivity contribution < 1.29 is 9.15 Å². The summed E-state index contributed by atoms with van der Waals surface area (Å²) in [5.41, 5.74) is 0.951. The van der Waals surface area contributed by atoms with Crippen LogP contribution in [0.3, 0.4) is 0 Å². The van der Waals surface area contributed by atoms with Gasteiger partial charge < -0.3 is 14.5 Å². The third kappa shape index (κ3) is 3.28. The maximum Gasteiger partial charge on any atom is 0.169 e. The van der Waals surface area contributed by atoms with Gasteiger partial charge in [-0.3, -0.25) is 0 Å². The number of hydrogen-bond acceptors (Lipinski definition) is 3. The highest BCUT2D eigenvalue weighted by Crippen LogP contribution is 2.26. The predicted octanol–water partition coefficient (Wildman–Crippen LogP) is 3.99. The molecule has 0 aliphatic carbocycles. The van der Waals surface area contributed by atoms with Gasteiger partial charge in [0.25, 0.3) is 0 Å². The van der Waals surface area contributed by atoms with E-state index in [-0.39, 0.29) is 0 Å². The fraction of sp³-hybridized carbons (Fsp3) is 0.231. The minimum absolute atomic E-state index is 0.626. The first-order valence-electron chi connectivity index (χ1n) is 5.47. The Morgan fingerprint density at radius 2 is 2.11 bits per heavy atom. The molecule has 96 valence electrons. The fourth-order valence-electron chi connectivity index (χ4n) is 1.66. The number of nitrogens with one attached hydrogen (secondary N) is 1. The monoisotopic (exact) mass is 329 g/mol. The summed E-state index contributed by atoms with van der Waals surface area (Å²) in [5, 5.41) is 3.96. The normalized spacial score (nSPS) is 10.6. The predicted molar refractivity (Wildman–Crippen MR) is 75.0 cm³/mol. The molecule has 1 N–H and O–H groups in total. The first-order valence-corrected chi connectivity index (χ1v) is 6.64. The molecule has 0 amide bonds. The molecular formula is C13H13BrClNO2. The van der Waals surface area contributed by atoms with E-state index in [1.165, 1.54) is 0 Å². The van der Waals surface area contributed by atoms with Gasteiger partial charge in [-0.05, 0) is 40.2 Å². The zero-order chi connectivity index (χ0) is 13.0. The van der Waals surface area contributed by atoms with Crippen LogP contribution in [0.1, 0.15) is 11.3 Å². The zero-order valence-electron chi connectivity index (χ0n) is 9.87. The minimum Gasteiger partial charge on any atom is -0.496 e. The van der Waals surface area contributed by atoms with Gasteiger partial charge >= 0.3 is 0 Å². The number of methoxy groups -OCH3 is 1. The topological polar surface area (TPSA) is 34.4 Å². The van der Waals surface area contributed by atoms with E-state index in [0.717, 1.165) is 21.7 Å². The standard InChI is InChI=1S/C13H13BrClNO2/c1-17-12-4-2-3-11(15)10(12)8-16-7-9-5-6-13(14)18-9/h2-6,16H,7-8H2,1H3. The van der Waals surface area contributed by atoms with E-state index in [1.807, 2.05) is 30.3 Å². The number of furan rings is 1. The van der Waals surface area contributed by atoms with E-state index >= 15 is 0 Å². The fourth-order valence-corrected chi connectivity index (χ4v) is 2.23. The van der Waals surface area contributed by atoms with Crippen molar-refractivity contribution in [2.24, 2.45) is 0 Å². The first-order chi connectivity index (χ1) is 8.70. The van der Waals surface area contributed by atoms with Crippen molar-refractivity contribution in [1.29, 1.82) is 0 Å². The Morgan fingerprint density at radius 3 is 2.78 bits per heavy atom. The summed E-state index contributed by atoms with van der Waals surface area (Å²) in [7, 11) is 1.64. The number of benzene rings is 1. The molecule has 2 rings (SSSR count). The third-order valence-corrected chi connectivity index (χ3v) is 3.31. The van der Waals surface area contributed by atoms with Gasteiger partial charge in [0.1, 0.15) is 11.5 Å². The molecule has 18 heavy (non-hydrogen) atoms. The molecule has 2 aromatic rings. The Balaban J connectivity index is 1.98. The molecule has 0 spiro atoms. The van der Waals surface area contributed by atoms with Crippen LogP contribution >= 0.6 is 27.5 Å². The number of hydrogen-bond donors (Lipinski definition) is 1. The minimum atomic E-state index is 0.626. The Morgan fingerprint density at radius 1 is 1.28 bits per heavy atom. The van der Waals surface area contributed by atoms with Crippen LogP contribution in [0.15, 0.2) is 39.4 Å². The summed E-state index contributed by atoms with van der Waals surface area (Å²) >= 11 is 9.41. The van der Waals surface area contributed by atoms with Crippen LogP contribution in [0.5, 0.6) is 5.75 Å². The molecule has 0 atom stereocenters. The van der Waals surface area contributed by atoms with Gasteiger partial charge in [-0.25, -0.2) is 0 Å². The van der Waals surface area contributed by atoms with Crippen LogP contribution in [0.2, 0.25) is 5.02 Å². The van der Waals surface area contributed by atoms with Crippen LogP contribution in [-0.2, 0) is 13.1 Å². The number of ether oxygens (including phenoxy) is 1. The Labute approximate surface area is 119 Å². The van der Waals surface area contributed by atoms with Crippen LogP contribution < -0.4 is 10.1 Å². The van der Waals surface area contributed by atoms with E-state index in [1.54, 1.807) is 7.11 Å². The van der Waals surface area contributed by atoms with E-state index in [0.29, 0.717) is 18.1 Å². The van der Waals surface area contributed by atoms with Crippen LogP contribution in [-0.4, -0.2) is 7.11 Å². The summed E-state index contributed by atoms with van der Waals surface area (Å²) in [6, 6.07) is 9.40. The average Bonchev–Trinajstić information content (AvgIpc) is 2.77. The SMILES string of the molecule is COc1cccc(Cl)c1CNCc1ccc(Br)o1. The van der Waals surface area contributed by atoms with E-state index < -0.39 is 0 Å². The zero-order valence-corrected chi connectivity index (χ0v) is 12.2. The summed E-state index contributed by atoms with van der Waals surface area (Å²) in [6.07, 6.45) is 0. The largest absolute Gasteiger partial charge is 0.496 e. The van der Waals surface area contributed by atoms with Crippen LogP contribution in [0.4, 0.5) is 0 Å². The molecule has 0 aliphatic rings. The van der Waals surface area contributed by atoms with Gasteiger partial charge in [-0.2, -0.15) is 0 Å². The van der Waals surface area contributed by atoms with Crippen molar-refractivity contribution in [3.8, 4) is 5.75 Å². The lowest BCUT2D eigenvalue weighted by Gasteiger charge is -2.10. The highest BCUT2D eigenvalue weighted by Gasteiger charge is 2.07. The smallest absolute Gasteiger partial charge is 0.169 e. The molecule has 0 aliphatic heterocycles. The van der Waals surface area contributed by atoms with E-state index in [4.69, 9.17) is 20.8 Å². The number of halogens is 2. The highest BCUT2D eigenvalue weighted by atomic mass is 79.9. The highest BCUT2D eigenvalue weighted by molar-refractivity contribution is 9.10. The second-order valence-electron chi connectivity index (χ2n) is 3.73. The second kappa shape index (κ2) is 6.27. The molecule has 1 aromatic carbocycles. The van der Waals surface area contributed by atoms with Gasteiger partial charge in [-0.15, -0.1) is 0 Å². The van der Waals surface area contributed by atoms with Crippen molar-refractivity contribution in [2.45, 2.75) is 13.1 Å². The average molecular weight is 331 g/mol. The third-order valence-electron chi connectivity index (χ3n) is 2.53. The molecule has 1 aromatic heterocycles. The van der Waals surface area contributed by atoms with Crippen molar-refractivity contribution in [3.05, 3.63) is 51.3 Å². The van der Waals surface area contributed by atoms with E-state index in [2.05, 4.69) is 21.2 Å². The van der Waals surface area contributed by atoms with E-state index in [9.17, 15) is 0 Å². The molecule has 5 heteroatoms. The maximum atomic E-state index is 6.14. The molecule has 0 radical (unpaired) electrons. The van der Waals surface area contributed by atoms with Gasteiger partial charge in [0, 0.05) is 17.1 Å². The van der Waals surface area contributed by atoms with Crippen molar-refractivity contribution in [3.63, 3.8) is 0 Å². The molecule has 1 heterocycles. The van der Waals surface area contributed by atoms with Crippen LogP contribution in [0, 0.1) is 0 Å². The molecule has 0 fully saturated rings. The Kier molecular flexibility index (Phi) is 4.69. The summed E-state index contributed by atoms with van der Waals surface area (Å²) in [6.45, 7) is 1.27. The maximum absolute atomic E-state index is 6.14. The Bertz CT molecular complexity index is 527. The quantitative estimate of drug-likeness (QED) is 0.900. The molecule has 0 saturated heterocycles. The lowest BCUT2D eigenvalue weighted by atomic mass is 10.2. The lowest BCUT2D eigenvalue weighted by Crippen LogP contribution is -2.13. The molecular weight excluding hydrogens is 318 g/mol. The molecule has 0 saturated carbocycles. The Hall–Kier alpha value is -0.970. The van der Waals surface area contributed by atoms with Crippen molar-refractivity contribution in [2.75, 3.05) is 7.11 Å². The molecule has 0 bridgehead atoms. The molecule has 0 unspecified atom stereocenters. The summed E-state index contributed by atoms with van der Waals surface area (Å²) < 4.78 is 11.4. The van der Waals surface area contributed by atoms with Gasteiger partial charge in [0.15, 0.2) is 4.67 Å². The summed E-state index contributed by atoms with van der Waals surface area (Å²) in [4.78, 5) is 0. The lowest BCUT2D eigenvalue weighted by molar-refractivity contribution is 0.406. The number of rotatable bonds is 5.